The van der Waals surface area contributed by atoms with E-state index in [4.69, 9.17) is 5.11 Å². The molecule has 72 valence electrons. The maximum atomic E-state index is 9.08. The SMILES string of the molecule is CCCC1CCN(NC(C)O)C1. The van der Waals surface area contributed by atoms with Crippen LogP contribution in [-0.4, -0.2) is 29.4 Å². The van der Waals surface area contributed by atoms with E-state index in [9.17, 15) is 0 Å². The second kappa shape index (κ2) is 4.80. The predicted molar refractivity (Wildman–Crippen MR) is 49.4 cm³/mol. The van der Waals surface area contributed by atoms with Crippen molar-refractivity contribution in [1.82, 2.24) is 10.4 Å². The van der Waals surface area contributed by atoms with Crippen LogP contribution < -0.4 is 5.43 Å². The minimum atomic E-state index is -0.412. The highest BCUT2D eigenvalue weighted by molar-refractivity contribution is 4.72. The molecule has 0 amide bonds. The quantitative estimate of drug-likeness (QED) is 0.620. The largest absolute Gasteiger partial charge is 0.378 e. The van der Waals surface area contributed by atoms with E-state index >= 15 is 0 Å². The summed E-state index contributed by atoms with van der Waals surface area (Å²) >= 11 is 0. The number of nitrogens with one attached hydrogen (secondary N) is 1. The van der Waals surface area contributed by atoms with Crippen LogP contribution >= 0.6 is 0 Å². The monoisotopic (exact) mass is 172 g/mol. The summed E-state index contributed by atoms with van der Waals surface area (Å²) in [5.74, 6) is 0.834. The Balaban J connectivity index is 2.16. The molecule has 1 aliphatic rings. The van der Waals surface area contributed by atoms with Crippen LogP contribution in [0.4, 0.5) is 0 Å². The van der Waals surface area contributed by atoms with Gasteiger partial charge in [-0.15, -0.1) is 0 Å². The Labute approximate surface area is 74.7 Å². The molecule has 0 aliphatic carbocycles. The highest BCUT2D eigenvalue weighted by Gasteiger charge is 2.21. The maximum absolute atomic E-state index is 9.08. The first-order chi connectivity index (χ1) is 5.72. The maximum Gasteiger partial charge on any atom is 0.114 e. The summed E-state index contributed by atoms with van der Waals surface area (Å²) in [6, 6.07) is 0. The van der Waals surface area contributed by atoms with Crippen LogP contribution in [0.15, 0.2) is 0 Å². The summed E-state index contributed by atoms with van der Waals surface area (Å²) in [7, 11) is 0. The lowest BCUT2D eigenvalue weighted by atomic mass is 10.0. The molecule has 12 heavy (non-hydrogen) atoms. The molecule has 3 heteroatoms. The third-order valence-corrected chi connectivity index (χ3v) is 2.35. The van der Waals surface area contributed by atoms with E-state index < -0.39 is 6.23 Å². The molecule has 2 N–H and O–H groups in total. The van der Waals surface area contributed by atoms with Gasteiger partial charge in [-0.1, -0.05) is 13.3 Å². The normalized spacial score (nSPS) is 27.8. The number of aliphatic hydroxyl groups is 1. The molecule has 1 fully saturated rings. The summed E-state index contributed by atoms with van der Waals surface area (Å²) in [4.78, 5) is 0. The Bertz CT molecular complexity index is 128. The molecular weight excluding hydrogens is 152 g/mol. The zero-order chi connectivity index (χ0) is 8.97. The Hall–Kier alpha value is -0.120. The zero-order valence-electron chi connectivity index (χ0n) is 8.08. The molecule has 0 bridgehead atoms. The Morgan fingerprint density at radius 3 is 3.00 bits per heavy atom. The first-order valence-electron chi connectivity index (χ1n) is 4.91. The van der Waals surface area contributed by atoms with Crippen molar-refractivity contribution in [1.29, 1.82) is 0 Å². The molecule has 1 aliphatic heterocycles. The van der Waals surface area contributed by atoms with E-state index in [1.165, 1.54) is 19.3 Å². The second-order valence-electron chi connectivity index (χ2n) is 3.69. The van der Waals surface area contributed by atoms with Gasteiger partial charge in [-0.2, -0.15) is 0 Å². The van der Waals surface area contributed by atoms with E-state index in [1.807, 2.05) is 0 Å². The van der Waals surface area contributed by atoms with Gasteiger partial charge in [0.2, 0.25) is 0 Å². The van der Waals surface area contributed by atoms with Gasteiger partial charge in [-0.3, -0.25) is 0 Å². The van der Waals surface area contributed by atoms with Crippen molar-refractivity contribution in [3.63, 3.8) is 0 Å². The molecule has 0 aromatic rings. The summed E-state index contributed by atoms with van der Waals surface area (Å²) < 4.78 is 0. The van der Waals surface area contributed by atoms with Gasteiger partial charge in [-0.05, 0) is 25.7 Å². The molecule has 1 heterocycles. The van der Waals surface area contributed by atoms with Gasteiger partial charge in [0.25, 0.3) is 0 Å². The molecule has 2 unspecified atom stereocenters. The molecule has 2 atom stereocenters. The van der Waals surface area contributed by atoms with E-state index in [-0.39, 0.29) is 0 Å². The number of hydrogen-bond donors (Lipinski definition) is 2. The van der Waals surface area contributed by atoms with E-state index in [0.717, 1.165) is 19.0 Å². The van der Waals surface area contributed by atoms with Gasteiger partial charge in [0.1, 0.15) is 6.23 Å². The van der Waals surface area contributed by atoms with E-state index in [1.54, 1.807) is 6.92 Å². The lowest BCUT2D eigenvalue weighted by molar-refractivity contribution is 0.0596. The van der Waals surface area contributed by atoms with Gasteiger partial charge in [0.05, 0.1) is 0 Å². The number of hydrazine groups is 1. The standard InChI is InChI=1S/C9H20N2O/c1-3-4-9-5-6-11(7-9)10-8(2)12/h8-10,12H,3-7H2,1-2H3. The van der Waals surface area contributed by atoms with Crippen LogP contribution in [0.3, 0.4) is 0 Å². The summed E-state index contributed by atoms with van der Waals surface area (Å²) in [5.41, 5.74) is 3.02. The van der Waals surface area contributed by atoms with Crippen molar-refractivity contribution in [2.45, 2.75) is 39.3 Å². The smallest absolute Gasteiger partial charge is 0.114 e. The van der Waals surface area contributed by atoms with Crippen molar-refractivity contribution in [3.8, 4) is 0 Å². The van der Waals surface area contributed by atoms with Crippen molar-refractivity contribution < 1.29 is 5.11 Å². The molecule has 1 rings (SSSR count). The summed E-state index contributed by atoms with van der Waals surface area (Å²) in [5, 5.41) is 11.2. The van der Waals surface area contributed by atoms with Crippen LogP contribution in [0, 0.1) is 5.92 Å². The fourth-order valence-corrected chi connectivity index (χ4v) is 1.86. The Kier molecular flexibility index (Phi) is 3.98. The average Bonchev–Trinajstić information content (AvgIpc) is 2.36. The van der Waals surface area contributed by atoms with Gasteiger partial charge in [0, 0.05) is 13.1 Å². The molecule has 1 saturated heterocycles. The summed E-state index contributed by atoms with van der Waals surface area (Å²) in [6.07, 6.45) is 3.45. The minimum absolute atomic E-state index is 0.412. The number of hydrogen-bond acceptors (Lipinski definition) is 3. The third kappa shape index (κ3) is 3.09. The number of aliphatic hydroxyl groups excluding tert-OH is 1. The van der Waals surface area contributed by atoms with Crippen LogP contribution in [0.25, 0.3) is 0 Å². The Morgan fingerprint density at radius 2 is 2.42 bits per heavy atom. The molecule has 0 saturated carbocycles. The van der Waals surface area contributed by atoms with Crippen LogP contribution in [0.1, 0.15) is 33.1 Å². The van der Waals surface area contributed by atoms with Gasteiger partial charge in [-0.25, -0.2) is 10.4 Å². The third-order valence-electron chi connectivity index (χ3n) is 2.35. The van der Waals surface area contributed by atoms with Crippen molar-refractivity contribution in [3.05, 3.63) is 0 Å². The van der Waals surface area contributed by atoms with Crippen molar-refractivity contribution in [2.24, 2.45) is 5.92 Å². The lowest BCUT2D eigenvalue weighted by Gasteiger charge is -2.19. The zero-order valence-corrected chi connectivity index (χ0v) is 8.08. The van der Waals surface area contributed by atoms with Crippen LogP contribution in [0.5, 0.6) is 0 Å². The summed E-state index contributed by atoms with van der Waals surface area (Å²) in [6.45, 7) is 6.16. The molecule has 3 nitrogen and oxygen atoms in total. The molecular formula is C9H20N2O. The van der Waals surface area contributed by atoms with E-state index in [2.05, 4.69) is 17.4 Å². The number of nitrogens with zero attached hydrogens (tertiary/aromatic N) is 1. The molecule has 0 aromatic carbocycles. The average molecular weight is 172 g/mol. The van der Waals surface area contributed by atoms with Crippen molar-refractivity contribution in [2.75, 3.05) is 13.1 Å². The first kappa shape index (κ1) is 9.96. The van der Waals surface area contributed by atoms with Crippen LogP contribution in [0.2, 0.25) is 0 Å². The molecule has 0 spiro atoms. The highest BCUT2D eigenvalue weighted by atomic mass is 16.3. The first-order valence-corrected chi connectivity index (χ1v) is 4.91. The molecule has 0 aromatic heterocycles. The van der Waals surface area contributed by atoms with Gasteiger partial charge in [0.15, 0.2) is 0 Å². The second-order valence-corrected chi connectivity index (χ2v) is 3.69. The molecule has 0 radical (unpaired) electrons. The van der Waals surface area contributed by atoms with Gasteiger partial charge < -0.3 is 5.11 Å². The topological polar surface area (TPSA) is 35.5 Å². The fraction of sp³-hybridized carbons (Fsp3) is 1.00. The fourth-order valence-electron chi connectivity index (χ4n) is 1.86. The minimum Gasteiger partial charge on any atom is -0.378 e. The highest BCUT2D eigenvalue weighted by Crippen LogP contribution is 2.19. The van der Waals surface area contributed by atoms with Gasteiger partial charge >= 0.3 is 0 Å². The van der Waals surface area contributed by atoms with E-state index in [0.29, 0.717) is 0 Å². The number of rotatable bonds is 4. The lowest BCUT2D eigenvalue weighted by Crippen LogP contribution is -2.41. The Morgan fingerprint density at radius 1 is 1.67 bits per heavy atom. The van der Waals surface area contributed by atoms with Crippen molar-refractivity contribution >= 4 is 0 Å². The predicted octanol–water partition coefficient (Wildman–Crippen LogP) is 0.951. The van der Waals surface area contributed by atoms with Crippen LogP contribution in [-0.2, 0) is 0 Å².